The van der Waals surface area contributed by atoms with Gasteiger partial charge in [0, 0.05) is 39.9 Å². The van der Waals surface area contributed by atoms with E-state index >= 15 is 0 Å². The van der Waals surface area contributed by atoms with Gasteiger partial charge in [0.25, 0.3) is 0 Å². The summed E-state index contributed by atoms with van der Waals surface area (Å²) in [7, 11) is 1.75. The third-order valence-corrected chi connectivity index (χ3v) is 5.49. The predicted molar refractivity (Wildman–Crippen MR) is 130 cm³/mol. The van der Waals surface area contributed by atoms with Crippen LogP contribution >= 0.6 is 24.0 Å². The zero-order valence-corrected chi connectivity index (χ0v) is 20.5. The molecule has 0 atom stereocenters. The summed E-state index contributed by atoms with van der Waals surface area (Å²) >= 11 is 0. The van der Waals surface area contributed by atoms with Crippen molar-refractivity contribution < 1.29 is 13.9 Å². The number of hydrogen-bond donors (Lipinski definition) is 3. The molecule has 0 aliphatic heterocycles. The van der Waals surface area contributed by atoms with Gasteiger partial charge < -0.3 is 20.7 Å². The number of benzene rings is 1. The van der Waals surface area contributed by atoms with Crippen LogP contribution in [0.25, 0.3) is 0 Å². The standard InChI is InChI=1S/C22H35FN4O2.HI/c1-3-29-14-11-22(9-4-5-10-22)17-27-21(24-2)26-13-12-25-20(28)16-18-7-6-8-19(23)15-18;/h6-8,15H,3-5,9-14,16-17H2,1-2H3,(H,25,28)(H2,24,26,27);1H. The molecule has 0 spiro atoms. The minimum absolute atomic E-state index is 0. The number of hydrogen-bond acceptors (Lipinski definition) is 3. The first-order valence-corrected chi connectivity index (χ1v) is 10.6. The number of guanidine groups is 1. The van der Waals surface area contributed by atoms with Crippen LogP contribution in [-0.2, 0) is 16.0 Å². The lowest BCUT2D eigenvalue weighted by Gasteiger charge is -2.30. The molecule has 1 fully saturated rings. The molecular formula is C22H36FIN4O2. The number of carbonyl (C=O) groups excluding carboxylic acids is 1. The molecule has 3 N–H and O–H groups in total. The van der Waals surface area contributed by atoms with Crippen LogP contribution in [0, 0.1) is 11.2 Å². The van der Waals surface area contributed by atoms with Gasteiger partial charge in [-0.25, -0.2) is 4.39 Å². The topological polar surface area (TPSA) is 74.8 Å². The Morgan fingerprint density at radius 3 is 2.60 bits per heavy atom. The molecule has 1 aromatic rings. The Kier molecular flexibility index (Phi) is 12.9. The molecule has 8 heteroatoms. The van der Waals surface area contributed by atoms with Crippen LogP contribution in [-0.4, -0.2) is 51.8 Å². The summed E-state index contributed by atoms with van der Waals surface area (Å²) in [6.45, 7) is 5.53. The van der Waals surface area contributed by atoms with Gasteiger partial charge in [-0.15, -0.1) is 24.0 Å². The van der Waals surface area contributed by atoms with E-state index in [1.807, 2.05) is 6.92 Å². The average Bonchev–Trinajstić information content (AvgIpc) is 3.17. The molecule has 2 rings (SSSR count). The van der Waals surface area contributed by atoms with Gasteiger partial charge in [-0.2, -0.15) is 0 Å². The first-order chi connectivity index (χ1) is 14.1. The largest absolute Gasteiger partial charge is 0.382 e. The summed E-state index contributed by atoms with van der Waals surface area (Å²) in [5.41, 5.74) is 0.952. The van der Waals surface area contributed by atoms with Crippen LogP contribution in [0.2, 0.25) is 0 Å². The fraction of sp³-hybridized carbons (Fsp3) is 0.636. The van der Waals surface area contributed by atoms with E-state index in [4.69, 9.17) is 4.74 Å². The van der Waals surface area contributed by atoms with Gasteiger partial charge >= 0.3 is 0 Å². The summed E-state index contributed by atoms with van der Waals surface area (Å²) in [5.74, 6) is 0.293. The molecule has 0 bridgehead atoms. The van der Waals surface area contributed by atoms with E-state index in [-0.39, 0.29) is 47.5 Å². The number of amides is 1. The fourth-order valence-corrected chi connectivity index (χ4v) is 3.84. The maximum atomic E-state index is 13.2. The Bertz CT molecular complexity index is 666. The van der Waals surface area contributed by atoms with E-state index in [0.717, 1.165) is 32.1 Å². The minimum atomic E-state index is -0.326. The normalized spacial score (nSPS) is 15.4. The highest BCUT2D eigenvalue weighted by Crippen LogP contribution is 2.40. The lowest BCUT2D eigenvalue weighted by atomic mass is 9.83. The lowest BCUT2D eigenvalue weighted by molar-refractivity contribution is -0.120. The Hall–Kier alpha value is -1.42. The van der Waals surface area contributed by atoms with Crippen molar-refractivity contribution in [3.05, 3.63) is 35.6 Å². The first-order valence-electron chi connectivity index (χ1n) is 10.6. The molecule has 0 saturated heterocycles. The maximum absolute atomic E-state index is 13.2. The third-order valence-electron chi connectivity index (χ3n) is 5.49. The smallest absolute Gasteiger partial charge is 0.224 e. The second-order valence-corrected chi connectivity index (χ2v) is 7.66. The number of rotatable bonds is 11. The summed E-state index contributed by atoms with van der Waals surface area (Å²) in [5, 5.41) is 9.53. The number of nitrogens with zero attached hydrogens (tertiary/aromatic N) is 1. The molecule has 1 aromatic carbocycles. The highest BCUT2D eigenvalue weighted by atomic mass is 127. The van der Waals surface area contributed by atoms with Crippen molar-refractivity contribution in [3.63, 3.8) is 0 Å². The SMILES string of the molecule is CCOCCC1(CNC(=NC)NCCNC(=O)Cc2cccc(F)c2)CCCC1.I. The number of nitrogens with one attached hydrogen (secondary N) is 3. The Labute approximate surface area is 196 Å². The molecule has 0 unspecified atom stereocenters. The van der Waals surface area contributed by atoms with Gasteiger partial charge in [-0.3, -0.25) is 9.79 Å². The summed E-state index contributed by atoms with van der Waals surface area (Å²) in [6, 6.07) is 6.11. The van der Waals surface area contributed by atoms with Crippen molar-refractivity contribution in [1.82, 2.24) is 16.0 Å². The molecule has 0 heterocycles. The van der Waals surface area contributed by atoms with Crippen molar-refractivity contribution >= 4 is 35.8 Å². The van der Waals surface area contributed by atoms with Crippen LogP contribution in [0.5, 0.6) is 0 Å². The second kappa shape index (κ2) is 14.6. The zero-order chi connectivity index (χ0) is 21.0. The first kappa shape index (κ1) is 26.6. The minimum Gasteiger partial charge on any atom is -0.382 e. The summed E-state index contributed by atoms with van der Waals surface area (Å²) in [4.78, 5) is 16.3. The van der Waals surface area contributed by atoms with Gasteiger partial charge in [-0.05, 0) is 49.3 Å². The molecule has 30 heavy (non-hydrogen) atoms. The van der Waals surface area contributed by atoms with Crippen LogP contribution < -0.4 is 16.0 Å². The second-order valence-electron chi connectivity index (χ2n) is 7.66. The van der Waals surface area contributed by atoms with Gasteiger partial charge in [0.1, 0.15) is 5.82 Å². The molecule has 0 radical (unpaired) electrons. The van der Waals surface area contributed by atoms with E-state index in [2.05, 4.69) is 20.9 Å². The monoisotopic (exact) mass is 534 g/mol. The maximum Gasteiger partial charge on any atom is 0.224 e. The van der Waals surface area contributed by atoms with Crippen LogP contribution in [0.15, 0.2) is 29.3 Å². The third kappa shape index (κ3) is 9.59. The molecular weight excluding hydrogens is 498 g/mol. The average molecular weight is 534 g/mol. The quantitative estimate of drug-likeness (QED) is 0.176. The summed E-state index contributed by atoms with van der Waals surface area (Å²) < 4.78 is 18.8. The number of ether oxygens (including phenoxy) is 1. The van der Waals surface area contributed by atoms with Crippen molar-refractivity contribution in [2.75, 3.05) is 39.9 Å². The number of carbonyl (C=O) groups is 1. The fourth-order valence-electron chi connectivity index (χ4n) is 3.84. The molecule has 6 nitrogen and oxygen atoms in total. The van der Waals surface area contributed by atoms with Gasteiger partial charge in [-0.1, -0.05) is 25.0 Å². The molecule has 1 aliphatic rings. The van der Waals surface area contributed by atoms with Crippen molar-refractivity contribution in [3.8, 4) is 0 Å². The zero-order valence-electron chi connectivity index (χ0n) is 18.1. The van der Waals surface area contributed by atoms with Gasteiger partial charge in [0.05, 0.1) is 6.42 Å². The molecule has 1 saturated carbocycles. The van der Waals surface area contributed by atoms with E-state index < -0.39 is 0 Å². The van der Waals surface area contributed by atoms with Crippen LogP contribution in [0.3, 0.4) is 0 Å². The summed E-state index contributed by atoms with van der Waals surface area (Å²) in [6.07, 6.45) is 6.24. The number of aliphatic imine (C=N–C) groups is 1. The number of halogens is 2. The Morgan fingerprint density at radius 2 is 1.93 bits per heavy atom. The van der Waals surface area contributed by atoms with Gasteiger partial charge in [0.15, 0.2) is 5.96 Å². The van der Waals surface area contributed by atoms with Crippen LogP contribution in [0.1, 0.15) is 44.6 Å². The lowest BCUT2D eigenvalue weighted by Crippen LogP contribution is -2.45. The Morgan fingerprint density at radius 1 is 1.20 bits per heavy atom. The van der Waals surface area contributed by atoms with Gasteiger partial charge in [0.2, 0.25) is 5.91 Å². The molecule has 0 aromatic heterocycles. The Balaban J connectivity index is 0.00000450. The van der Waals surface area contributed by atoms with Crippen molar-refractivity contribution in [2.45, 2.75) is 45.4 Å². The van der Waals surface area contributed by atoms with E-state index in [9.17, 15) is 9.18 Å². The van der Waals surface area contributed by atoms with Crippen molar-refractivity contribution in [1.29, 1.82) is 0 Å². The van der Waals surface area contributed by atoms with E-state index in [1.165, 1.54) is 37.8 Å². The van der Waals surface area contributed by atoms with E-state index in [0.29, 0.717) is 18.7 Å². The molecule has 170 valence electrons. The highest BCUT2D eigenvalue weighted by molar-refractivity contribution is 14.0. The molecule has 1 aliphatic carbocycles. The van der Waals surface area contributed by atoms with E-state index in [1.54, 1.807) is 19.2 Å². The highest BCUT2D eigenvalue weighted by Gasteiger charge is 2.33. The predicted octanol–water partition coefficient (Wildman–Crippen LogP) is 3.25. The van der Waals surface area contributed by atoms with Crippen LogP contribution in [0.4, 0.5) is 4.39 Å². The van der Waals surface area contributed by atoms with Crippen molar-refractivity contribution in [2.24, 2.45) is 10.4 Å². The molecule has 1 amide bonds.